The van der Waals surface area contributed by atoms with Crippen molar-refractivity contribution >= 4 is 0 Å². The third-order valence-corrected chi connectivity index (χ3v) is 1.64. The molecule has 1 aromatic carbocycles. The Morgan fingerprint density at radius 2 is 1.85 bits per heavy atom. The summed E-state index contributed by atoms with van der Waals surface area (Å²) in [7, 11) is 0. The fourth-order valence-electron chi connectivity index (χ4n) is 0.941. The first-order valence-electron chi connectivity index (χ1n) is 4.46. The van der Waals surface area contributed by atoms with Crippen molar-refractivity contribution in [2.45, 2.75) is 6.92 Å². The lowest BCUT2D eigenvalue weighted by Crippen LogP contribution is -2.05. The SMILES string of the molecule is C1=CCNC=C1.Cc1ccccc1. The van der Waals surface area contributed by atoms with Crippen LogP contribution in [-0.4, -0.2) is 6.54 Å². The zero-order valence-corrected chi connectivity index (χ0v) is 7.90. The second kappa shape index (κ2) is 6.06. The van der Waals surface area contributed by atoms with Crippen LogP contribution in [0.1, 0.15) is 5.56 Å². The maximum atomic E-state index is 3.02. The minimum absolute atomic E-state index is 0.983. The van der Waals surface area contributed by atoms with Crippen LogP contribution in [0.15, 0.2) is 54.8 Å². The predicted octanol–water partition coefficient (Wildman–Crippen LogP) is 2.65. The summed E-state index contributed by atoms with van der Waals surface area (Å²) in [6, 6.07) is 10.3. The van der Waals surface area contributed by atoms with Crippen molar-refractivity contribution in [2.24, 2.45) is 0 Å². The number of rotatable bonds is 0. The maximum Gasteiger partial charge on any atom is 0.0328 e. The second-order valence-corrected chi connectivity index (χ2v) is 2.85. The molecule has 1 heteroatoms. The van der Waals surface area contributed by atoms with Crippen molar-refractivity contribution < 1.29 is 0 Å². The first kappa shape index (κ1) is 9.59. The van der Waals surface area contributed by atoms with Crippen LogP contribution in [-0.2, 0) is 0 Å². The van der Waals surface area contributed by atoms with Gasteiger partial charge in [-0.2, -0.15) is 0 Å². The fraction of sp³-hybridized carbons (Fsp3) is 0.167. The largest absolute Gasteiger partial charge is 0.387 e. The van der Waals surface area contributed by atoms with Crippen molar-refractivity contribution in [1.29, 1.82) is 0 Å². The fourth-order valence-corrected chi connectivity index (χ4v) is 0.941. The number of allylic oxidation sites excluding steroid dienone is 2. The van der Waals surface area contributed by atoms with Crippen molar-refractivity contribution in [2.75, 3.05) is 6.54 Å². The molecule has 0 unspecified atom stereocenters. The molecule has 1 aromatic rings. The second-order valence-electron chi connectivity index (χ2n) is 2.85. The van der Waals surface area contributed by atoms with Gasteiger partial charge in [0, 0.05) is 6.54 Å². The molecule has 1 aliphatic heterocycles. The highest BCUT2D eigenvalue weighted by Crippen LogP contribution is 1.92. The summed E-state index contributed by atoms with van der Waals surface area (Å²) in [6.45, 7) is 3.07. The normalized spacial score (nSPS) is 12.7. The van der Waals surface area contributed by atoms with Crippen molar-refractivity contribution in [1.82, 2.24) is 5.32 Å². The highest BCUT2D eigenvalue weighted by atomic mass is 14.8. The Hall–Kier alpha value is -1.50. The molecule has 0 fully saturated rings. The van der Waals surface area contributed by atoms with E-state index in [0.717, 1.165) is 6.54 Å². The van der Waals surface area contributed by atoms with Crippen LogP contribution >= 0.6 is 0 Å². The molecule has 0 aliphatic carbocycles. The molecule has 0 aromatic heterocycles. The Balaban J connectivity index is 0.000000132. The molecule has 1 nitrogen and oxygen atoms in total. The molecule has 68 valence electrons. The van der Waals surface area contributed by atoms with Gasteiger partial charge in [0.2, 0.25) is 0 Å². The van der Waals surface area contributed by atoms with Gasteiger partial charge in [0.05, 0.1) is 0 Å². The maximum absolute atomic E-state index is 3.02. The number of benzene rings is 1. The lowest BCUT2D eigenvalue weighted by atomic mass is 10.2. The smallest absolute Gasteiger partial charge is 0.0328 e. The van der Waals surface area contributed by atoms with E-state index in [1.54, 1.807) is 0 Å². The minimum atomic E-state index is 0.983. The van der Waals surface area contributed by atoms with E-state index in [4.69, 9.17) is 0 Å². The molecule has 0 bridgehead atoms. The third kappa shape index (κ3) is 4.86. The Kier molecular flexibility index (Phi) is 4.47. The van der Waals surface area contributed by atoms with Crippen LogP contribution in [0.4, 0.5) is 0 Å². The summed E-state index contributed by atoms with van der Waals surface area (Å²) < 4.78 is 0. The third-order valence-electron chi connectivity index (χ3n) is 1.64. The molecule has 0 radical (unpaired) electrons. The Morgan fingerprint density at radius 3 is 2.08 bits per heavy atom. The summed E-state index contributed by atoms with van der Waals surface area (Å²) in [4.78, 5) is 0. The van der Waals surface area contributed by atoms with Crippen LogP contribution in [0.3, 0.4) is 0 Å². The van der Waals surface area contributed by atoms with Crippen molar-refractivity contribution in [3.63, 3.8) is 0 Å². The van der Waals surface area contributed by atoms with Crippen LogP contribution in [0.5, 0.6) is 0 Å². The van der Waals surface area contributed by atoms with Gasteiger partial charge in [-0.1, -0.05) is 48.0 Å². The quantitative estimate of drug-likeness (QED) is 0.636. The van der Waals surface area contributed by atoms with Crippen molar-refractivity contribution in [3.05, 3.63) is 60.3 Å². The average molecular weight is 173 g/mol. The van der Waals surface area contributed by atoms with E-state index in [1.165, 1.54) is 5.56 Å². The molecule has 2 rings (SSSR count). The number of nitrogens with one attached hydrogen (secondary N) is 1. The summed E-state index contributed by atoms with van der Waals surface area (Å²) in [5, 5.41) is 3.02. The van der Waals surface area contributed by atoms with Gasteiger partial charge in [0.15, 0.2) is 0 Å². The van der Waals surface area contributed by atoms with E-state index in [0.29, 0.717) is 0 Å². The molecule has 1 N–H and O–H groups in total. The standard InChI is InChI=1S/C7H8.C5H7N/c1-7-5-3-2-4-6-7;1-2-4-6-5-3-1/h2-6H,1H3;1-4,6H,5H2. The van der Waals surface area contributed by atoms with Gasteiger partial charge in [-0.05, 0) is 19.2 Å². The molecule has 0 spiro atoms. The topological polar surface area (TPSA) is 12.0 Å². The zero-order valence-electron chi connectivity index (χ0n) is 7.90. The summed E-state index contributed by atoms with van der Waals surface area (Å²) >= 11 is 0. The molecule has 0 saturated heterocycles. The Bertz CT molecular complexity index is 260. The summed E-state index contributed by atoms with van der Waals surface area (Å²) in [5.41, 5.74) is 1.32. The summed E-state index contributed by atoms with van der Waals surface area (Å²) in [6.07, 6.45) is 8.00. The van der Waals surface area contributed by atoms with Gasteiger partial charge >= 0.3 is 0 Å². The van der Waals surface area contributed by atoms with E-state index in [2.05, 4.69) is 30.4 Å². The summed E-state index contributed by atoms with van der Waals surface area (Å²) in [5.74, 6) is 0. The van der Waals surface area contributed by atoms with E-state index in [-0.39, 0.29) is 0 Å². The molecule has 0 atom stereocenters. The Labute approximate surface area is 79.8 Å². The lowest BCUT2D eigenvalue weighted by Gasteiger charge is -1.94. The van der Waals surface area contributed by atoms with E-state index >= 15 is 0 Å². The van der Waals surface area contributed by atoms with Gasteiger partial charge in [0.1, 0.15) is 0 Å². The zero-order chi connectivity index (χ0) is 9.36. The van der Waals surface area contributed by atoms with Gasteiger partial charge in [-0.3, -0.25) is 0 Å². The molecule has 1 heterocycles. The van der Waals surface area contributed by atoms with Crippen LogP contribution in [0.2, 0.25) is 0 Å². The first-order valence-corrected chi connectivity index (χ1v) is 4.46. The molecular weight excluding hydrogens is 158 g/mol. The highest BCUT2D eigenvalue weighted by molar-refractivity contribution is 5.11. The monoisotopic (exact) mass is 173 g/mol. The van der Waals surface area contributed by atoms with Crippen LogP contribution < -0.4 is 5.32 Å². The molecule has 13 heavy (non-hydrogen) atoms. The lowest BCUT2D eigenvalue weighted by molar-refractivity contribution is 0.972. The van der Waals surface area contributed by atoms with Gasteiger partial charge in [-0.25, -0.2) is 0 Å². The van der Waals surface area contributed by atoms with Crippen LogP contribution in [0.25, 0.3) is 0 Å². The van der Waals surface area contributed by atoms with Crippen LogP contribution in [0, 0.1) is 6.92 Å². The van der Waals surface area contributed by atoms with Gasteiger partial charge in [0.25, 0.3) is 0 Å². The van der Waals surface area contributed by atoms with Gasteiger partial charge < -0.3 is 5.32 Å². The predicted molar refractivity (Wildman–Crippen MR) is 57.5 cm³/mol. The number of dihydropyridines is 1. The molecular formula is C12H15N. The van der Waals surface area contributed by atoms with E-state index < -0.39 is 0 Å². The highest BCUT2D eigenvalue weighted by Gasteiger charge is 1.73. The van der Waals surface area contributed by atoms with E-state index in [1.807, 2.05) is 36.6 Å². The Morgan fingerprint density at radius 1 is 1.08 bits per heavy atom. The van der Waals surface area contributed by atoms with Crippen molar-refractivity contribution in [3.8, 4) is 0 Å². The molecule has 1 aliphatic rings. The minimum Gasteiger partial charge on any atom is -0.387 e. The van der Waals surface area contributed by atoms with E-state index in [9.17, 15) is 0 Å². The average Bonchev–Trinajstić information content (AvgIpc) is 2.22. The number of hydrogen-bond donors (Lipinski definition) is 1. The molecule has 0 amide bonds. The first-order chi connectivity index (χ1) is 6.39. The number of hydrogen-bond acceptors (Lipinski definition) is 1. The van der Waals surface area contributed by atoms with Gasteiger partial charge in [-0.15, -0.1) is 0 Å². The number of aryl methyl sites for hydroxylation is 1. The molecule has 0 saturated carbocycles.